The Hall–Kier alpha value is -1.93. The van der Waals surface area contributed by atoms with Gasteiger partial charge in [-0.2, -0.15) is 13.2 Å². The summed E-state index contributed by atoms with van der Waals surface area (Å²) in [4.78, 5) is -0.870. The van der Waals surface area contributed by atoms with E-state index >= 15 is 0 Å². The Morgan fingerprint density at radius 1 is 1.09 bits per heavy atom. The van der Waals surface area contributed by atoms with E-state index in [1.165, 1.54) is 6.07 Å². The van der Waals surface area contributed by atoms with Gasteiger partial charge in [0.05, 0.1) is 10.5 Å². The lowest BCUT2D eigenvalue weighted by molar-refractivity contribution is -0.140. The van der Waals surface area contributed by atoms with Crippen molar-refractivity contribution >= 4 is 21.4 Å². The Kier molecular flexibility index (Phi) is 4.50. The molecule has 0 aliphatic rings. The topological polar surface area (TPSA) is 63.3 Å². The molecule has 0 aliphatic heterocycles. The maximum Gasteiger partial charge on any atom is 0.417 e. The number of sulfone groups is 1. The van der Waals surface area contributed by atoms with E-state index < -0.39 is 32.2 Å². The van der Waals surface area contributed by atoms with Gasteiger partial charge in [-0.15, -0.1) is 0 Å². The van der Waals surface area contributed by atoms with E-state index in [1.807, 2.05) is 0 Å². The number of benzene rings is 2. The van der Waals surface area contributed by atoms with Crippen molar-refractivity contribution < 1.29 is 31.4 Å². The highest BCUT2D eigenvalue weighted by atomic mass is 35.5. The minimum absolute atomic E-state index is 0.170. The highest BCUT2D eigenvalue weighted by molar-refractivity contribution is 7.90. The fourth-order valence-electron chi connectivity index (χ4n) is 1.81. The molecule has 0 bridgehead atoms. The Balaban J connectivity index is 2.52. The summed E-state index contributed by atoms with van der Waals surface area (Å²) >= 11 is 5.69. The molecule has 0 saturated carbocycles. The number of hydrogen-bond acceptors (Lipinski definition) is 3. The van der Waals surface area contributed by atoms with Crippen molar-refractivity contribution in [3.63, 3.8) is 0 Å². The highest BCUT2D eigenvalue weighted by Gasteiger charge is 2.36. The van der Waals surface area contributed by atoms with Gasteiger partial charge in [-0.05, 0) is 30.3 Å². The van der Waals surface area contributed by atoms with Crippen LogP contribution in [0.4, 0.5) is 13.2 Å². The average molecular weight is 366 g/mol. The van der Waals surface area contributed by atoms with Crippen LogP contribution in [-0.4, -0.2) is 14.7 Å². The Morgan fingerprint density at radius 2 is 1.74 bits per heavy atom. The molecule has 2 aromatic rings. The summed E-state index contributed by atoms with van der Waals surface area (Å²) in [5.74, 6) is -1.17. The molecular weight excluding hydrogens is 357 g/mol. The predicted molar refractivity (Wildman–Crippen MR) is 76.2 cm³/mol. The van der Waals surface area contributed by atoms with Crippen molar-refractivity contribution in [1.29, 1.82) is 0 Å². The molecule has 9 heteroatoms. The third kappa shape index (κ3) is 4.08. The molecule has 23 heavy (non-hydrogen) atoms. The molecule has 2 rings (SSSR count). The number of alkyl halides is 3. The predicted octanol–water partition coefficient (Wildman–Crippen LogP) is 4.70. The van der Waals surface area contributed by atoms with Crippen molar-refractivity contribution in [1.82, 2.24) is 0 Å². The van der Waals surface area contributed by atoms with Crippen molar-refractivity contribution in [3.8, 4) is 17.2 Å². The normalized spacial score (nSPS) is 12.2. The smallest absolute Gasteiger partial charge is 0.417 e. The second kappa shape index (κ2) is 5.93. The minimum atomic E-state index is -4.90. The summed E-state index contributed by atoms with van der Waals surface area (Å²) in [6.45, 7) is 0. The Morgan fingerprint density at radius 3 is 2.30 bits per heavy atom. The molecule has 0 amide bonds. The summed E-state index contributed by atoms with van der Waals surface area (Å²) < 4.78 is 67.1. The summed E-state index contributed by atoms with van der Waals surface area (Å²) in [5.41, 5.74) is -1.37. The van der Waals surface area contributed by atoms with Gasteiger partial charge in [-0.3, -0.25) is 5.11 Å². The van der Waals surface area contributed by atoms with Crippen LogP contribution in [0.25, 0.3) is 0 Å². The molecule has 0 unspecified atom stereocenters. The van der Waals surface area contributed by atoms with Crippen LogP contribution in [0.2, 0.25) is 5.02 Å². The Labute approximate surface area is 135 Å². The van der Waals surface area contributed by atoms with Gasteiger partial charge in [-0.25, -0.2) is 8.42 Å². The lowest BCUT2D eigenvalue weighted by atomic mass is 10.2. The molecule has 0 aromatic heterocycles. The average Bonchev–Trinajstić information content (AvgIpc) is 2.41. The maximum atomic E-state index is 13.0. The second-order valence-corrected chi connectivity index (χ2v) is 7.04. The fraction of sp³-hybridized carbons (Fsp3) is 0.143. The van der Waals surface area contributed by atoms with E-state index in [-0.39, 0.29) is 16.5 Å². The van der Waals surface area contributed by atoms with Gasteiger partial charge in [0.15, 0.2) is 15.6 Å². The lowest BCUT2D eigenvalue weighted by Crippen LogP contribution is -2.12. The summed E-state index contributed by atoms with van der Waals surface area (Å²) in [7, 11) is -4.08. The van der Waals surface area contributed by atoms with Gasteiger partial charge >= 0.3 is 6.18 Å². The van der Waals surface area contributed by atoms with E-state index in [0.717, 1.165) is 24.3 Å². The van der Waals surface area contributed by atoms with Crippen molar-refractivity contribution in [3.05, 3.63) is 47.0 Å². The van der Waals surface area contributed by atoms with Gasteiger partial charge in [-0.1, -0.05) is 11.6 Å². The summed E-state index contributed by atoms with van der Waals surface area (Å²) in [6, 6.07) is 5.91. The third-order valence-electron chi connectivity index (χ3n) is 2.79. The zero-order valence-electron chi connectivity index (χ0n) is 11.5. The largest absolute Gasteiger partial charge is 0.453 e. The molecule has 0 saturated heterocycles. The molecule has 0 atom stereocenters. The number of ether oxygens (including phenoxy) is 1. The van der Waals surface area contributed by atoms with Gasteiger partial charge in [0.25, 0.3) is 0 Å². The molecule has 0 N–H and O–H groups in total. The molecule has 2 aromatic carbocycles. The second-order valence-electron chi connectivity index (χ2n) is 4.62. The van der Waals surface area contributed by atoms with E-state index in [4.69, 9.17) is 16.3 Å². The van der Waals surface area contributed by atoms with Crippen molar-refractivity contribution in [2.24, 2.45) is 0 Å². The van der Waals surface area contributed by atoms with E-state index in [1.54, 1.807) is 0 Å². The van der Waals surface area contributed by atoms with Crippen molar-refractivity contribution in [2.45, 2.75) is 11.1 Å². The van der Waals surface area contributed by atoms with E-state index in [0.29, 0.717) is 12.3 Å². The van der Waals surface area contributed by atoms with E-state index in [2.05, 4.69) is 0 Å². The zero-order valence-corrected chi connectivity index (χ0v) is 13.1. The number of hydrogen-bond donors (Lipinski definition) is 0. The SMILES string of the molecule is CS(=O)(=O)c1ccc(Oc2cc(Cl)ccc2[O])cc1C(F)(F)F. The van der Waals surface area contributed by atoms with Crippen LogP contribution in [0.1, 0.15) is 5.56 Å². The standard InChI is InChI=1S/C14H9ClF3O4S/c1-23(20,21)13-5-3-9(7-10(13)14(16,17)18)22-12-6-8(15)2-4-11(12)19/h2-7H,1H3. The van der Waals surface area contributed by atoms with Gasteiger partial charge in [0.2, 0.25) is 5.75 Å². The van der Waals surface area contributed by atoms with Crippen LogP contribution in [-0.2, 0) is 21.1 Å². The lowest BCUT2D eigenvalue weighted by Gasteiger charge is -2.14. The van der Waals surface area contributed by atoms with Crippen LogP contribution in [0.3, 0.4) is 0 Å². The molecule has 123 valence electrons. The molecular formula is C14H9ClF3O4S. The first kappa shape index (κ1) is 17.4. The number of rotatable bonds is 3. The molecule has 0 spiro atoms. The van der Waals surface area contributed by atoms with Gasteiger partial charge in [0, 0.05) is 17.3 Å². The first-order valence-corrected chi connectivity index (χ1v) is 8.31. The molecule has 4 nitrogen and oxygen atoms in total. The highest BCUT2D eigenvalue weighted by Crippen LogP contribution is 2.39. The van der Waals surface area contributed by atoms with Crippen LogP contribution in [0.15, 0.2) is 41.3 Å². The van der Waals surface area contributed by atoms with Crippen LogP contribution in [0, 0.1) is 0 Å². The van der Waals surface area contributed by atoms with Crippen LogP contribution < -0.4 is 4.74 Å². The summed E-state index contributed by atoms with van der Waals surface area (Å²) in [5, 5.41) is 11.8. The molecule has 0 aliphatic carbocycles. The molecule has 0 fully saturated rings. The first-order valence-electron chi connectivity index (χ1n) is 6.04. The third-order valence-corrected chi connectivity index (χ3v) is 4.18. The minimum Gasteiger partial charge on any atom is -0.453 e. The van der Waals surface area contributed by atoms with E-state index in [9.17, 15) is 26.7 Å². The molecule has 0 heterocycles. The van der Waals surface area contributed by atoms with Gasteiger partial charge < -0.3 is 4.74 Å². The number of halogens is 4. The molecule has 1 radical (unpaired) electrons. The van der Waals surface area contributed by atoms with Gasteiger partial charge in [0.1, 0.15) is 5.75 Å². The monoisotopic (exact) mass is 365 g/mol. The first-order chi connectivity index (χ1) is 10.5. The summed E-state index contributed by atoms with van der Waals surface area (Å²) in [6.07, 6.45) is -4.22. The van der Waals surface area contributed by atoms with Crippen LogP contribution >= 0.6 is 11.6 Å². The van der Waals surface area contributed by atoms with Crippen molar-refractivity contribution in [2.75, 3.05) is 6.26 Å². The van der Waals surface area contributed by atoms with Crippen LogP contribution in [0.5, 0.6) is 17.2 Å². The fourth-order valence-corrected chi connectivity index (χ4v) is 2.86. The quantitative estimate of drug-likeness (QED) is 0.792. The zero-order chi connectivity index (χ0) is 17.4. The maximum absolute atomic E-state index is 13.0. The Bertz CT molecular complexity index is 848.